The molecule has 0 spiro atoms. The van der Waals surface area contributed by atoms with Crippen LogP contribution in [-0.4, -0.2) is 41.8 Å². The molecule has 0 saturated carbocycles. The van der Waals surface area contributed by atoms with Gasteiger partial charge in [0, 0.05) is 35.8 Å². The Morgan fingerprint density at radius 3 is 2.67 bits per heavy atom. The van der Waals surface area contributed by atoms with Crippen LogP contribution in [0.25, 0.3) is 0 Å². The first-order valence-corrected chi connectivity index (χ1v) is 10.4. The number of thiophene rings is 1. The second kappa shape index (κ2) is 7.16. The molecule has 0 aromatic carbocycles. The summed E-state index contributed by atoms with van der Waals surface area (Å²) in [6, 6.07) is 5.78. The molecule has 2 aromatic rings. The molecule has 0 bridgehead atoms. The molecule has 2 aromatic heterocycles. The van der Waals surface area contributed by atoms with Gasteiger partial charge in [0.25, 0.3) is 10.0 Å². The van der Waals surface area contributed by atoms with E-state index < -0.39 is 10.0 Å². The van der Waals surface area contributed by atoms with E-state index in [-0.39, 0.29) is 6.04 Å². The third-order valence-corrected chi connectivity index (χ3v) is 7.78. The lowest BCUT2D eigenvalue weighted by atomic mass is 10.1. The lowest BCUT2D eigenvalue weighted by molar-refractivity contribution is 0.330. The summed E-state index contributed by atoms with van der Waals surface area (Å²) in [4.78, 5) is 9.39. The van der Waals surface area contributed by atoms with Crippen LogP contribution in [0, 0.1) is 6.92 Å². The topological polar surface area (TPSA) is 75.2 Å². The molecule has 0 amide bonds. The Labute approximate surface area is 147 Å². The molecule has 1 fully saturated rings. The van der Waals surface area contributed by atoms with E-state index in [1.165, 1.54) is 11.3 Å². The van der Waals surface area contributed by atoms with E-state index in [0.29, 0.717) is 17.3 Å². The van der Waals surface area contributed by atoms with Crippen LogP contribution in [0.3, 0.4) is 0 Å². The van der Waals surface area contributed by atoms with Crippen LogP contribution in [0.4, 0.5) is 5.82 Å². The predicted molar refractivity (Wildman–Crippen MR) is 95.9 cm³/mol. The number of anilines is 1. The zero-order chi connectivity index (χ0) is 17.2. The smallest absolute Gasteiger partial charge is 0.252 e. The molecule has 0 atom stereocenters. The van der Waals surface area contributed by atoms with Crippen molar-refractivity contribution in [2.75, 3.05) is 18.4 Å². The van der Waals surface area contributed by atoms with E-state index >= 15 is 0 Å². The van der Waals surface area contributed by atoms with E-state index in [1.54, 1.807) is 16.7 Å². The molecule has 6 nitrogen and oxygen atoms in total. The number of aryl methyl sites for hydroxylation is 2. The number of sulfonamides is 1. The van der Waals surface area contributed by atoms with Crippen molar-refractivity contribution in [3.8, 4) is 0 Å². The molecule has 0 unspecified atom stereocenters. The number of hydrogen-bond donors (Lipinski definition) is 1. The lowest BCUT2D eigenvalue weighted by Crippen LogP contribution is -2.42. The van der Waals surface area contributed by atoms with Crippen LogP contribution in [-0.2, 0) is 16.4 Å². The summed E-state index contributed by atoms with van der Waals surface area (Å²) in [6.07, 6.45) is 3.95. The maximum atomic E-state index is 12.7. The largest absolute Gasteiger partial charge is 0.367 e. The third kappa shape index (κ3) is 3.76. The summed E-state index contributed by atoms with van der Waals surface area (Å²) in [7, 11) is -3.36. The van der Waals surface area contributed by atoms with Gasteiger partial charge in [-0.05, 0) is 38.3 Å². The summed E-state index contributed by atoms with van der Waals surface area (Å²) < 4.78 is 27.5. The molecule has 0 radical (unpaired) electrons. The van der Waals surface area contributed by atoms with Crippen molar-refractivity contribution in [2.45, 2.75) is 43.4 Å². The zero-order valence-corrected chi connectivity index (χ0v) is 15.5. The Morgan fingerprint density at radius 1 is 1.29 bits per heavy atom. The van der Waals surface area contributed by atoms with E-state index in [2.05, 4.69) is 15.3 Å². The number of piperidine rings is 1. The lowest BCUT2D eigenvalue weighted by Gasteiger charge is -2.31. The average Bonchev–Trinajstić information content (AvgIpc) is 3.05. The van der Waals surface area contributed by atoms with Crippen molar-refractivity contribution in [2.24, 2.45) is 0 Å². The Hall–Kier alpha value is -1.51. The van der Waals surface area contributed by atoms with Gasteiger partial charge >= 0.3 is 0 Å². The predicted octanol–water partition coefficient (Wildman–Crippen LogP) is 2.67. The summed E-state index contributed by atoms with van der Waals surface area (Å²) in [6.45, 7) is 5.02. The van der Waals surface area contributed by atoms with Crippen molar-refractivity contribution in [3.63, 3.8) is 0 Å². The van der Waals surface area contributed by atoms with E-state index in [1.807, 2.05) is 26.0 Å². The Morgan fingerprint density at radius 2 is 2.04 bits per heavy atom. The molecule has 1 N–H and O–H groups in total. The number of aromatic nitrogens is 2. The molecule has 3 heterocycles. The molecule has 1 saturated heterocycles. The molecule has 1 aliphatic rings. The van der Waals surface area contributed by atoms with Crippen LogP contribution in [0.15, 0.2) is 28.7 Å². The Kier molecular flexibility index (Phi) is 5.17. The molecule has 8 heteroatoms. The van der Waals surface area contributed by atoms with Crippen LogP contribution < -0.4 is 5.32 Å². The molecule has 24 heavy (non-hydrogen) atoms. The maximum Gasteiger partial charge on any atom is 0.252 e. The minimum absolute atomic E-state index is 0.236. The van der Waals surface area contributed by atoms with Crippen LogP contribution >= 0.6 is 11.3 Å². The summed E-state index contributed by atoms with van der Waals surface area (Å²) in [5, 5.41) is 3.38. The van der Waals surface area contributed by atoms with Gasteiger partial charge < -0.3 is 5.32 Å². The van der Waals surface area contributed by atoms with Gasteiger partial charge in [-0.25, -0.2) is 18.4 Å². The average molecular weight is 367 g/mol. The Balaban J connectivity index is 1.62. The monoisotopic (exact) mass is 366 g/mol. The fraction of sp³-hybridized carbons (Fsp3) is 0.500. The highest BCUT2D eigenvalue weighted by atomic mass is 32.2. The highest BCUT2D eigenvalue weighted by molar-refractivity contribution is 7.91. The second-order valence-electron chi connectivity index (χ2n) is 5.94. The van der Waals surface area contributed by atoms with E-state index in [0.717, 1.165) is 35.7 Å². The van der Waals surface area contributed by atoms with Gasteiger partial charge in [-0.15, -0.1) is 11.3 Å². The number of nitrogens with zero attached hydrogens (tertiary/aromatic N) is 3. The first-order valence-electron chi connectivity index (χ1n) is 8.13. The van der Waals surface area contributed by atoms with Crippen LogP contribution in [0.1, 0.15) is 30.3 Å². The third-order valence-electron chi connectivity index (χ3n) is 4.19. The Bertz CT molecular complexity index is 796. The summed E-state index contributed by atoms with van der Waals surface area (Å²) in [5.41, 5.74) is 0.914. The van der Waals surface area contributed by atoms with Gasteiger partial charge in [-0.2, -0.15) is 4.31 Å². The summed E-state index contributed by atoms with van der Waals surface area (Å²) in [5.74, 6) is 0.801. The number of nitrogens with one attached hydrogen (secondary N) is 1. The fourth-order valence-corrected chi connectivity index (χ4v) is 5.72. The highest BCUT2D eigenvalue weighted by Gasteiger charge is 2.30. The summed E-state index contributed by atoms with van der Waals surface area (Å²) >= 11 is 1.38. The van der Waals surface area contributed by atoms with Crippen LogP contribution in [0.5, 0.6) is 0 Å². The van der Waals surface area contributed by atoms with E-state index in [4.69, 9.17) is 0 Å². The molecule has 3 rings (SSSR count). The van der Waals surface area contributed by atoms with Crippen molar-refractivity contribution >= 4 is 27.2 Å². The van der Waals surface area contributed by atoms with Gasteiger partial charge in [0.1, 0.15) is 16.4 Å². The quantitative estimate of drug-likeness (QED) is 0.880. The van der Waals surface area contributed by atoms with E-state index in [9.17, 15) is 8.42 Å². The van der Waals surface area contributed by atoms with Gasteiger partial charge in [0.2, 0.25) is 0 Å². The normalized spacial score (nSPS) is 17.1. The molecule has 0 aliphatic carbocycles. The van der Waals surface area contributed by atoms with Gasteiger partial charge in [-0.1, -0.05) is 6.92 Å². The number of hydrogen-bond acceptors (Lipinski definition) is 6. The molecular weight excluding hydrogens is 344 g/mol. The first-order chi connectivity index (χ1) is 11.5. The zero-order valence-electron chi connectivity index (χ0n) is 13.9. The molecular formula is C16H22N4O2S2. The van der Waals surface area contributed by atoms with Crippen molar-refractivity contribution in [1.29, 1.82) is 0 Å². The minimum Gasteiger partial charge on any atom is -0.367 e. The van der Waals surface area contributed by atoms with Gasteiger partial charge in [0.15, 0.2) is 0 Å². The maximum absolute atomic E-state index is 12.7. The number of rotatable bonds is 5. The van der Waals surface area contributed by atoms with Gasteiger partial charge in [-0.3, -0.25) is 0 Å². The first kappa shape index (κ1) is 17.3. The minimum atomic E-state index is -3.36. The molecule has 130 valence electrons. The second-order valence-corrected chi connectivity index (χ2v) is 9.27. The molecule has 1 aliphatic heterocycles. The highest BCUT2D eigenvalue weighted by Crippen LogP contribution is 2.27. The SMILES string of the molecule is CCc1ccc(S(=O)(=O)N2CCC(Nc3cc(C)ncn3)CC2)s1. The van der Waals surface area contributed by atoms with Crippen molar-refractivity contribution in [1.82, 2.24) is 14.3 Å². The fourth-order valence-electron chi connectivity index (χ4n) is 2.80. The van der Waals surface area contributed by atoms with Gasteiger partial charge in [0.05, 0.1) is 0 Å². The van der Waals surface area contributed by atoms with Crippen molar-refractivity contribution in [3.05, 3.63) is 35.1 Å². The standard InChI is InChI=1S/C16H22N4O2S2/c1-3-14-4-5-16(23-14)24(21,22)20-8-6-13(7-9-20)19-15-10-12(2)17-11-18-15/h4-5,10-11,13H,3,6-9H2,1-2H3,(H,17,18,19). The van der Waals surface area contributed by atoms with Crippen molar-refractivity contribution < 1.29 is 8.42 Å². The van der Waals surface area contributed by atoms with Crippen LogP contribution in [0.2, 0.25) is 0 Å².